The van der Waals surface area contributed by atoms with Gasteiger partial charge in [0.15, 0.2) is 0 Å². The van der Waals surface area contributed by atoms with E-state index in [9.17, 15) is 13.6 Å². The van der Waals surface area contributed by atoms with Crippen molar-refractivity contribution < 1.29 is 13.6 Å². The van der Waals surface area contributed by atoms with Gasteiger partial charge in [0.1, 0.15) is 5.82 Å². The average molecular weight is 429 g/mol. The van der Waals surface area contributed by atoms with Crippen molar-refractivity contribution in [2.24, 2.45) is 5.92 Å². The number of carbonyl (C=O) groups is 1. The minimum atomic E-state index is -2.67. The maximum Gasteiger partial charge on any atom is 0.248 e. The molecule has 5 nitrogen and oxygen atoms in total. The first-order valence-electron chi connectivity index (χ1n) is 11.1. The van der Waals surface area contributed by atoms with Crippen LogP contribution in [0.25, 0.3) is 0 Å². The summed E-state index contributed by atoms with van der Waals surface area (Å²) in [5.41, 5.74) is 7.53. The second-order valence-electron chi connectivity index (χ2n) is 8.86. The Hall–Kier alpha value is -2.54. The monoisotopic (exact) mass is 428 g/mol. The Morgan fingerprint density at radius 3 is 2.52 bits per heavy atom. The number of rotatable bonds is 6. The van der Waals surface area contributed by atoms with E-state index in [0.717, 1.165) is 43.7 Å². The number of pyridine rings is 1. The number of amides is 1. The first kappa shape index (κ1) is 21.7. The number of hydrogen-bond acceptors (Lipinski definition) is 4. The summed E-state index contributed by atoms with van der Waals surface area (Å²) in [7, 11) is 0. The number of carbonyl (C=O) groups excluding carboxylic acids is 1. The van der Waals surface area contributed by atoms with Gasteiger partial charge in [-0.05, 0) is 42.9 Å². The molecule has 1 aromatic carbocycles. The lowest BCUT2D eigenvalue weighted by atomic mass is 9.83. The van der Waals surface area contributed by atoms with Crippen LogP contribution in [0.3, 0.4) is 0 Å². The van der Waals surface area contributed by atoms with Crippen molar-refractivity contribution in [1.82, 2.24) is 15.2 Å². The molecule has 1 amide bonds. The quantitative estimate of drug-likeness (QED) is 0.731. The van der Waals surface area contributed by atoms with E-state index in [0.29, 0.717) is 12.2 Å². The van der Waals surface area contributed by atoms with Crippen LogP contribution in [0, 0.1) is 5.92 Å². The number of anilines is 1. The number of likely N-dealkylation sites (tertiary alicyclic amines) is 1. The van der Waals surface area contributed by atoms with Crippen molar-refractivity contribution in [3.63, 3.8) is 0 Å². The molecule has 0 spiro atoms. The minimum Gasteiger partial charge on any atom is -0.384 e. The van der Waals surface area contributed by atoms with Crippen LogP contribution in [0.2, 0.25) is 0 Å². The van der Waals surface area contributed by atoms with Crippen LogP contribution >= 0.6 is 0 Å². The number of aromatic nitrogens is 1. The molecular formula is C24H30F2N4O. The second-order valence-corrected chi connectivity index (χ2v) is 8.86. The third-order valence-corrected chi connectivity index (χ3v) is 6.50. The van der Waals surface area contributed by atoms with Crippen molar-refractivity contribution in [1.29, 1.82) is 0 Å². The molecule has 1 saturated heterocycles. The average Bonchev–Trinajstić information content (AvgIpc) is 3.09. The first-order valence-corrected chi connectivity index (χ1v) is 11.1. The molecule has 4 rings (SSSR count). The fourth-order valence-electron chi connectivity index (χ4n) is 4.91. The molecule has 1 saturated carbocycles. The highest BCUT2D eigenvalue weighted by Gasteiger charge is 2.45. The fourth-order valence-corrected chi connectivity index (χ4v) is 4.91. The smallest absolute Gasteiger partial charge is 0.248 e. The summed E-state index contributed by atoms with van der Waals surface area (Å²) < 4.78 is 27.8. The van der Waals surface area contributed by atoms with Gasteiger partial charge in [0.25, 0.3) is 0 Å². The van der Waals surface area contributed by atoms with Gasteiger partial charge in [0, 0.05) is 38.5 Å². The Morgan fingerprint density at radius 1 is 1.13 bits per heavy atom. The maximum atomic E-state index is 13.9. The summed E-state index contributed by atoms with van der Waals surface area (Å²) in [6.07, 6.45) is 1.69. The molecule has 0 radical (unpaired) electrons. The predicted molar refractivity (Wildman–Crippen MR) is 117 cm³/mol. The van der Waals surface area contributed by atoms with Gasteiger partial charge >= 0.3 is 0 Å². The molecule has 166 valence electrons. The Bertz CT molecular complexity index is 884. The lowest BCUT2D eigenvalue weighted by Gasteiger charge is -2.33. The molecule has 2 fully saturated rings. The molecule has 0 bridgehead atoms. The highest BCUT2D eigenvalue weighted by molar-refractivity contribution is 5.84. The number of benzene rings is 1. The van der Waals surface area contributed by atoms with Crippen molar-refractivity contribution in [3.05, 3.63) is 59.8 Å². The summed E-state index contributed by atoms with van der Waals surface area (Å²) in [5.74, 6) is -3.12. The van der Waals surface area contributed by atoms with Crippen LogP contribution in [0.1, 0.15) is 49.3 Å². The Labute approximate surface area is 182 Å². The third-order valence-electron chi connectivity index (χ3n) is 6.50. The molecule has 3 N–H and O–H groups in total. The maximum absolute atomic E-state index is 13.9. The highest BCUT2D eigenvalue weighted by atomic mass is 19.3. The summed E-state index contributed by atoms with van der Waals surface area (Å²) >= 11 is 0. The number of halogens is 2. The second kappa shape index (κ2) is 9.30. The van der Waals surface area contributed by atoms with Gasteiger partial charge in [-0.15, -0.1) is 0 Å². The van der Waals surface area contributed by atoms with Crippen LogP contribution < -0.4 is 11.1 Å². The molecule has 1 aromatic heterocycles. The van der Waals surface area contributed by atoms with Gasteiger partial charge in [-0.3, -0.25) is 9.69 Å². The molecule has 2 atom stereocenters. The van der Waals surface area contributed by atoms with E-state index in [1.54, 1.807) is 6.07 Å². The van der Waals surface area contributed by atoms with Gasteiger partial charge in [-0.1, -0.05) is 36.4 Å². The van der Waals surface area contributed by atoms with Gasteiger partial charge in [0.05, 0.1) is 11.6 Å². The van der Waals surface area contributed by atoms with Crippen LogP contribution in [-0.2, 0) is 11.3 Å². The highest BCUT2D eigenvalue weighted by Crippen LogP contribution is 2.45. The Balaban J connectivity index is 1.36. The lowest BCUT2D eigenvalue weighted by molar-refractivity contribution is -0.125. The minimum absolute atomic E-state index is 0.0608. The van der Waals surface area contributed by atoms with Gasteiger partial charge < -0.3 is 11.1 Å². The zero-order valence-electron chi connectivity index (χ0n) is 17.6. The van der Waals surface area contributed by atoms with Crippen LogP contribution in [-0.4, -0.2) is 40.8 Å². The molecule has 2 heterocycles. The van der Waals surface area contributed by atoms with E-state index in [1.807, 2.05) is 42.5 Å². The number of alkyl halides is 2. The molecule has 2 unspecified atom stereocenters. The van der Waals surface area contributed by atoms with Gasteiger partial charge in [-0.25, -0.2) is 13.8 Å². The molecular weight excluding hydrogens is 398 g/mol. The number of hydrogen-bond donors (Lipinski definition) is 2. The molecule has 2 aliphatic rings. The SMILES string of the molecule is Nc1cccc(CN2CCC(NC(=O)C(c3ccccc3)C3CCC(F)(F)C3)CC2)n1. The van der Waals surface area contributed by atoms with E-state index in [-0.39, 0.29) is 30.7 Å². The summed E-state index contributed by atoms with van der Waals surface area (Å²) in [5, 5.41) is 3.17. The summed E-state index contributed by atoms with van der Waals surface area (Å²) in [4.78, 5) is 19.9. The Kier molecular flexibility index (Phi) is 6.51. The first-order chi connectivity index (χ1) is 14.9. The molecule has 1 aliphatic heterocycles. The number of nitrogens with zero attached hydrogens (tertiary/aromatic N) is 2. The summed E-state index contributed by atoms with van der Waals surface area (Å²) in [6, 6.07) is 15.1. The van der Waals surface area contributed by atoms with Crippen LogP contribution in [0.5, 0.6) is 0 Å². The largest absolute Gasteiger partial charge is 0.384 e. The van der Waals surface area contributed by atoms with E-state index in [2.05, 4.69) is 15.2 Å². The zero-order valence-corrected chi connectivity index (χ0v) is 17.6. The summed E-state index contributed by atoms with van der Waals surface area (Å²) in [6.45, 7) is 2.42. The van der Waals surface area contributed by atoms with E-state index < -0.39 is 11.8 Å². The van der Waals surface area contributed by atoms with E-state index in [1.165, 1.54) is 0 Å². The van der Waals surface area contributed by atoms with Crippen LogP contribution in [0.15, 0.2) is 48.5 Å². The standard InChI is InChI=1S/C24H30F2N4O/c25-24(26)12-9-18(15-24)22(17-5-2-1-3-6-17)23(31)29-19-10-13-30(14-11-19)16-20-7-4-8-21(27)28-20/h1-8,18-19,22H,9-16H2,(H2,27,28)(H,29,31). The topological polar surface area (TPSA) is 71.2 Å². The molecule has 31 heavy (non-hydrogen) atoms. The van der Waals surface area contributed by atoms with Crippen LogP contribution in [0.4, 0.5) is 14.6 Å². The van der Waals surface area contributed by atoms with Gasteiger partial charge in [0.2, 0.25) is 11.8 Å². The number of nitrogens with one attached hydrogen (secondary N) is 1. The van der Waals surface area contributed by atoms with E-state index >= 15 is 0 Å². The zero-order chi connectivity index (χ0) is 21.8. The number of nitrogens with two attached hydrogens (primary N) is 1. The lowest BCUT2D eigenvalue weighted by Crippen LogP contribution is -2.46. The molecule has 2 aromatic rings. The Morgan fingerprint density at radius 2 is 1.87 bits per heavy atom. The van der Waals surface area contributed by atoms with Crippen molar-refractivity contribution in [2.45, 2.75) is 56.5 Å². The third kappa shape index (κ3) is 5.58. The van der Waals surface area contributed by atoms with Crippen molar-refractivity contribution >= 4 is 11.7 Å². The van der Waals surface area contributed by atoms with Crippen molar-refractivity contribution in [2.75, 3.05) is 18.8 Å². The fraction of sp³-hybridized carbons (Fsp3) is 0.500. The normalized spacial score (nSPS) is 22.8. The number of piperidine rings is 1. The molecule has 1 aliphatic carbocycles. The van der Waals surface area contributed by atoms with Crippen molar-refractivity contribution in [3.8, 4) is 0 Å². The van der Waals surface area contributed by atoms with E-state index in [4.69, 9.17) is 5.73 Å². The number of nitrogen functional groups attached to an aromatic ring is 1. The van der Waals surface area contributed by atoms with Gasteiger partial charge in [-0.2, -0.15) is 0 Å². The molecule has 7 heteroatoms. The predicted octanol–water partition coefficient (Wildman–Crippen LogP) is 3.96.